The zero-order valence-electron chi connectivity index (χ0n) is 11.6. The minimum atomic E-state index is -0.427. The zero-order chi connectivity index (χ0) is 14.4. The van der Waals surface area contributed by atoms with E-state index in [0.717, 1.165) is 25.7 Å². The second-order valence-electron chi connectivity index (χ2n) is 5.42. The van der Waals surface area contributed by atoms with Crippen molar-refractivity contribution in [3.8, 4) is 0 Å². The lowest BCUT2D eigenvalue weighted by Crippen LogP contribution is -2.52. The zero-order valence-corrected chi connectivity index (χ0v) is 11.6. The third-order valence-corrected chi connectivity index (χ3v) is 3.68. The summed E-state index contributed by atoms with van der Waals surface area (Å²) < 4.78 is 0. The molecule has 1 aliphatic heterocycles. The number of carbonyl (C=O) groups excluding carboxylic acids is 3. The molecule has 1 aliphatic carbocycles. The fourth-order valence-corrected chi connectivity index (χ4v) is 2.66. The van der Waals surface area contributed by atoms with Gasteiger partial charge < -0.3 is 10.6 Å². The fraction of sp³-hybridized carbons (Fsp3) is 0.769. The van der Waals surface area contributed by atoms with Crippen molar-refractivity contribution < 1.29 is 14.4 Å². The Balaban J connectivity index is 1.67. The molecule has 3 N–H and O–H groups in total. The van der Waals surface area contributed by atoms with Gasteiger partial charge in [-0.2, -0.15) is 0 Å². The maximum absolute atomic E-state index is 11.7. The summed E-state index contributed by atoms with van der Waals surface area (Å²) in [6.07, 6.45) is 5.43. The van der Waals surface area contributed by atoms with E-state index < -0.39 is 6.03 Å². The van der Waals surface area contributed by atoms with E-state index in [1.165, 1.54) is 6.42 Å². The van der Waals surface area contributed by atoms with Crippen LogP contribution in [-0.2, 0) is 9.59 Å². The van der Waals surface area contributed by atoms with Crippen molar-refractivity contribution in [2.75, 3.05) is 26.2 Å². The van der Waals surface area contributed by atoms with Crippen molar-refractivity contribution in [2.24, 2.45) is 0 Å². The number of rotatable bonds is 3. The van der Waals surface area contributed by atoms with Gasteiger partial charge in [0.05, 0.1) is 13.1 Å². The van der Waals surface area contributed by atoms with Crippen LogP contribution in [0.1, 0.15) is 32.1 Å². The van der Waals surface area contributed by atoms with E-state index in [1.54, 1.807) is 4.90 Å². The van der Waals surface area contributed by atoms with Gasteiger partial charge >= 0.3 is 6.03 Å². The summed E-state index contributed by atoms with van der Waals surface area (Å²) in [5, 5.41) is 7.84. The first-order valence-corrected chi connectivity index (χ1v) is 7.23. The highest BCUT2D eigenvalue weighted by molar-refractivity contribution is 5.95. The van der Waals surface area contributed by atoms with Gasteiger partial charge in [0, 0.05) is 19.1 Å². The van der Waals surface area contributed by atoms with Gasteiger partial charge in [-0.3, -0.25) is 19.8 Å². The van der Waals surface area contributed by atoms with Gasteiger partial charge in [-0.15, -0.1) is 0 Å². The van der Waals surface area contributed by atoms with E-state index in [1.807, 2.05) is 0 Å². The van der Waals surface area contributed by atoms with Gasteiger partial charge in [-0.25, -0.2) is 4.79 Å². The molecule has 0 radical (unpaired) electrons. The molecule has 1 heterocycles. The van der Waals surface area contributed by atoms with Crippen molar-refractivity contribution in [2.45, 2.75) is 38.1 Å². The van der Waals surface area contributed by atoms with E-state index in [9.17, 15) is 14.4 Å². The SMILES string of the molecule is O=C1CN(CC(=O)NC(=O)NC2CCCCC2)CCN1. The first-order valence-electron chi connectivity index (χ1n) is 7.23. The largest absolute Gasteiger partial charge is 0.354 e. The van der Waals surface area contributed by atoms with Crippen molar-refractivity contribution in [3.63, 3.8) is 0 Å². The van der Waals surface area contributed by atoms with Crippen LogP contribution in [-0.4, -0.2) is 55.0 Å². The average molecular weight is 282 g/mol. The summed E-state index contributed by atoms with van der Waals surface area (Å²) in [5.41, 5.74) is 0. The van der Waals surface area contributed by atoms with E-state index in [2.05, 4.69) is 16.0 Å². The maximum atomic E-state index is 11.7. The summed E-state index contributed by atoms with van der Waals surface area (Å²) in [7, 11) is 0. The van der Waals surface area contributed by atoms with Crippen LogP contribution in [0.5, 0.6) is 0 Å². The summed E-state index contributed by atoms with van der Waals surface area (Å²) in [5.74, 6) is -0.455. The monoisotopic (exact) mass is 282 g/mol. The molecule has 112 valence electrons. The van der Waals surface area contributed by atoms with Crippen molar-refractivity contribution in [1.82, 2.24) is 20.9 Å². The molecular formula is C13H22N4O3. The normalized spacial score (nSPS) is 21.1. The Hall–Kier alpha value is -1.63. The third-order valence-electron chi connectivity index (χ3n) is 3.68. The number of piperazine rings is 1. The van der Waals surface area contributed by atoms with Crippen molar-refractivity contribution in [3.05, 3.63) is 0 Å². The summed E-state index contributed by atoms with van der Waals surface area (Å²) in [4.78, 5) is 36.3. The summed E-state index contributed by atoms with van der Waals surface area (Å²) in [6, 6.07) is -0.249. The van der Waals surface area contributed by atoms with Crippen LogP contribution in [0.15, 0.2) is 0 Å². The molecule has 4 amide bonds. The van der Waals surface area contributed by atoms with Crippen LogP contribution in [0.25, 0.3) is 0 Å². The van der Waals surface area contributed by atoms with Crippen LogP contribution >= 0.6 is 0 Å². The first kappa shape index (κ1) is 14.8. The van der Waals surface area contributed by atoms with Crippen LogP contribution in [0.3, 0.4) is 0 Å². The molecule has 0 bridgehead atoms. The molecule has 7 nitrogen and oxygen atoms in total. The lowest BCUT2D eigenvalue weighted by molar-refractivity contribution is -0.126. The number of nitrogens with one attached hydrogen (secondary N) is 3. The number of urea groups is 1. The molecular weight excluding hydrogens is 260 g/mol. The molecule has 1 saturated carbocycles. The van der Waals surface area contributed by atoms with Crippen LogP contribution < -0.4 is 16.0 Å². The smallest absolute Gasteiger partial charge is 0.321 e. The average Bonchev–Trinajstić information content (AvgIpc) is 2.39. The molecule has 0 atom stereocenters. The lowest BCUT2D eigenvalue weighted by Gasteiger charge is -2.26. The minimum Gasteiger partial charge on any atom is -0.354 e. The quantitative estimate of drug-likeness (QED) is 0.655. The number of imide groups is 1. The molecule has 0 aromatic heterocycles. The molecule has 0 unspecified atom stereocenters. The minimum absolute atomic E-state index is 0.0749. The standard InChI is InChI=1S/C13H22N4O3/c18-11-8-17(7-6-14-11)9-12(19)16-13(20)15-10-4-2-1-3-5-10/h10H,1-9H2,(H,14,18)(H2,15,16,19,20). The second-order valence-corrected chi connectivity index (χ2v) is 5.42. The molecule has 0 aromatic carbocycles. The Bertz CT molecular complexity index is 380. The highest BCUT2D eigenvalue weighted by atomic mass is 16.2. The summed E-state index contributed by atoms with van der Waals surface area (Å²) >= 11 is 0. The summed E-state index contributed by atoms with van der Waals surface area (Å²) in [6.45, 7) is 1.45. The Morgan fingerprint density at radius 1 is 1.25 bits per heavy atom. The third kappa shape index (κ3) is 4.80. The van der Waals surface area contributed by atoms with Crippen LogP contribution in [0.4, 0.5) is 4.79 Å². The predicted molar refractivity (Wildman–Crippen MR) is 73.0 cm³/mol. The van der Waals surface area contributed by atoms with Crippen LogP contribution in [0.2, 0.25) is 0 Å². The predicted octanol–water partition coefficient (Wildman–Crippen LogP) is -0.423. The number of hydrogen-bond acceptors (Lipinski definition) is 4. The molecule has 0 aromatic rings. The maximum Gasteiger partial charge on any atom is 0.321 e. The second kappa shape index (κ2) is 7.23. The van der Waals surface area contributed by atoms with Crippen molar-refractivity contribution in [1.29, 1.82) is 0 Å². The Morgan fingerprint density at radius 2 is 2.00 bits per heavy atom. The first-order chi connectivity index (χ1) is 9.63. The van der Waals surface area contributed by atoms with Gasteiger partial charge in [0.2, 0.25) is 11.8 Å². The van der Waals surface area contributed by atoms with E-state index in [-0.39, 0.29) is 30.9 Å². The number of carbonyl (C=O) groups is 3. The lowest BCUT2D eigenvalue weighted by atomic mass is 9.96. The van der Waals surface area contributed by atoms with Gasteiger partial charge in [0.1, 0.15) is 0 Å². The van der Waals surface area contributed by atoms with E-state index >= 15 is 0 Å². The van der Waals surface area contributed by atoms with E-state index in [4.69, 9.17) is 0 Å². The molecule has 1 saturated heterocycles. The number of amides is 4. The van der Waals surface area contributed by atoms with Gasteiger partial charge in [0.15, 0.2) is 0 Å². The van der Waals surface area contributed by atoms with Gasteiger partial charge in [-0.05, 0) is 12.8 Å². The van der Waals surface area contributed by atoms with E-state index in [0.29, 0.717) is 13.1 Å². The van der Waals surface area contributed by atoms with Gasteiger partial charge in [-0.1, -0.05) is 19.3 Å². The Morgan fingerprint density at radius 3 is 2.70 bits per heavy atom. The fourth-order valence-electron chi connectivity index (χ4n) is 2.66. The number of hydrogen-bond donors (Lipinski definition) is 3. The number of nitrogens with zero attached hydrogens (tertiary/aromatic N) is 1. The molecule has 2 rings (SSSR count). The topological polar surface area (TPSA) is 90.5 Å². The van der Waals surface area contributed by atoms with Crippen LogP contribution in [0, 0.1) is 0 Å². The molecule has 2 fully saturated rings. The molecule has 0 spiro atoms. The van der Waals surface area contributed by atoms with Crippen molar-refractivity contribution >= 4 is 17.8 Å². The van der Waals surface area contributed by atoms with Gasteiger partial charge in [0.25, 0.3) is 0 Å². The molecule has 2 aliphatic rings. The Labute approximate surface area is 118 Å². The Kier molecular flexibility index (Phi) is 5.34. The molecule has 7 heteroatoms. The highest BCUT2D eigenvalue weighted by Crippen LogP contribution is 2.17. The highest BCUT2D eigenvalue weighted by Gasteiger charge is 2.21. The molecule has 20 heavy (non-hydrogen) atoms.